The van der Waals surface area contributed by atoms with E-state index in [0.717, 1.165) is 56.0 Å². The number of hydrogen-bond acceptors (Lipinski definition) is 6. The Morgan fingerprint density at radius 1 is 1.18 bits per heavy atom. The number of fused-ring (bicyclic) bond motifs is 1. The summed E-state index contributed by atoms with van der Waals surface area (Å²) in [7, 11) is 0. The van der Waals surface area contributed by atoms with Gasteiger partial charge in [0, 0.05) is 42.0 Å². The molecule has 2 aromatic carbocycles. The number of carbonyl (C=O) groups excluding carboxylic acids is 1. The maximum absolute atomic E-state index is 11.8. The molecule has 2 heterocycles. The van der Waals surface area contributed by atoms with Crippen molar-refractivity contribution in [2.45, 2.75) is 6.61 Å². The highest BCUT2D eigenvalue weighted by Gasteiger charge is 2.23. The fourth-order valence-electron chi connectivity index (χ4n) is 3.55. The summed E-state index contributed by atoms with van der Waals surface area (Å²) in [5.41, 5.74) is 9.67. The molecule has 0 saturated carbocycles. The predicted molar refractivity (Wildman–Crippen MR) is 108 cm³/mol. The third kappa shape index (κ3) is 3.88. The molecule has 0 aliphatic carbocycles. The van der Waals surface area contributed by atoms with E-state index in [1.165, 1.54) is 0 Å². The second-order valence-corrected chi connectivity index (χ2v) is 6.86. The molecule has 0 unspecified atom stereocenters. The third-order valence-corrected chi connectivity index (χ3v) is 5.09. The van der Waals surface area contributed by atoms with E-state index in [-0.39, 0.29) is 0 Å². The number of allylic oxidation sites excluding steroid dienone is 1. The number of hydrogen-bond donors (Lipinski definition) is 1. The summed E-state index contributed by atoms with van der Waals surface area (Å²) in [6.07, 6.45) is 0.808. The molecule has 146 valence electrons. The molecule has 0 amide bonds. The second-order valence-electron chi connectivity index (χ2n) is 6.86. The van der Waals surface area contributed by atoms with Crippen molar-refractivity contribution < 1.29 is 19.0 Å². The fourth-order valence-corrected chi connectivity index (χ4v) is 3.55. The lowest BCUT2D eigenvalue weighted by Crippen LogP contribution is -2.38. The molecule has 0 radical (unpaired) electrons. The van der Waals surface area contributed by atoms with Crippen molar-refractivity contribution in [3.8, 4) is 5.75 Å². The van der Waals surface area contributed by atoms with Gasteiger partial charge in [0.15, 0.2) is 6.29 Å². The molecule has 6 nitrogen and oxygen atoms in total. The summed E-state index contributed by atoms with van der Waals surface area (Å²) in [6, 6.07) is 13.2. The van der Waals surface area contributed by atoms with E-state index < -0.39 is 0 Å². The van der Waals surface area contributed by atoms with Crippen LogP contribution in [0.1, 0.15) is 16.7 Å². The highest BCUT2D eigenvalue weighted by atomic mass is 16.5. The number of benzene rings is 2. The van der Waals surface area contributed by atoms with Crippen molar-refractivity contribution in [1.82, 2.24) is 4.90 Å². The first-order valence-electron chi connectivity index (χ1n) is 9.49. The first-order valence-corrected chi connectivity index (χ1v) is 9.49. The number of para-hydroxylation sites is 1. The smallest absolute Gasteiger partial charge is 0.154 e. The van der Waals surface area contributed by atoms with Gasteiger partial charge < -0.3 is 19.9 Å². The van der Waals surface area contributed by atoms with Crippen LogP contribution in [0, 0.1) is 0 Å². The number of carbonyl (C=O) groups is 1. The molecule has 28 heavy (non-hydrogen) atoms. The topological polar surface area (TPSA) is 74.0 Å². The maximum Gasteiger partial charge on any atom is 0.154 e. The van der Waals surface area contributed by atoms with Crippen LogP contribution in [0.3, 0.4) is 0 Å². The Kier molecular flexibility index (Phi) is 5.60. The molecule has 2 aliphatic rings. The van der Waals surface area contributed by atoms with E-state index in [9.17, 15) is 4.79 Å². The van der Waals surface area contributed by atoms with Crippen LogP contribution in [-0.4, -0.2) is 50.6 Å². The molecule has 0 bridgehead atoms. The molecule has 2 aliphatic heterocycles. The number of nitrogens with two attached hydrogens (primary N) is 1. The Hall–Kier alpha value is -2.83. The summed E-state index contributed by atoms with van der Waals surface area (Å²) in [6.45, 7) is 5.40. The number of aldehydes is 1. The van der Waals surface area contributed by atoms with Crippen molar-refractivity contribution in [3.63, 3.8) is 0 Å². The van der Waals surface area contributed by atoms with Gasteiger partial charge in [0.05, 0.1) is 18.8 Å². The van der Waals surface area contributed by atoms with Gasteiger partial charge in [-0.25, -0.2) is 0 Å². The molecular weight excluding hydrogens is 356 g/mol. The molecule has 0 aromatic heterocycles. The molecule has 4 rings (SSSR count). The SMILES string of the molecule is Nc1ccccc1/C(C=O)=C1\OCc2cc(OCCN3CCOCC3)ccc21. The van der Waals surface area contributed by atoms with E-state index in [4.69, 9.17) is 19.9 Å². The zero-order valence-corrected chi connectivity index (χ0v) is 15.7. The van der Waals surface area contributed by atoms with Gasteiger partial charge in [-0.1, -0.05) is 18.2 Å². The highest BCUT2D eigenvalue weighted by molar-refractivity contribution is 6.18. The zero-order valence-electron chi connectivity index (χ0n) is 15.7. The van der Waals surface area contributed by atoms with Crippen molar-refractivity contribution in [1.29, 1.82) is 0 Å². The number of ether oxygens (including phenoxy) is 3. The lowest BCUT2D eigenvalue weighted by Gasteiger charge is -2.26. The van der Waals surface area contributed by atoms with Crippen LogP contribution in [0.4, 0.5) is 5.69 Å². The molecular formula is C22H24N2O4. The first kappa shape index (κ1) is 18.5. The van der Waals surface area contributed by atoms with Crippen LogP contribution in [0.2, 0.25) is 0 Å². The predicted octanol–water partition coefficient (Wildman–Crippen LogP) is 2.58. The van der Waals surface area contributed by atoms with Crippen LogP contribution < -0.4 is 10.5 Å². The number of nitrogen functional groups attached to an aromatic ring is 1. The van der Waals surface area contributed by atoms with Crippen molar-refractivity contribution >= 4 is 23.3 Å². The highest BCUT2D eigenvalue weighted by Crippen LogP contribution is 2.37. The van der Waals surface area contributed by atoms with Crippen LogP contribution in [0.25, 0.3) is 11.3 Å². The summed E-state index contributed by atoms with van der Waals surface area (Å²) in [5.74, 6) is 1.38. The number of rotatable bonds is 6. The van der Waals surface area contributed by atoms with Crippen LogP contribution in [-0.2, 0) is 20.9 Å². The summed E-state index contributed by atoms with van der Waals surface area (Å²) in [4.78, 5) is 14.1. The van der Waals surface area contributed by atoms with Gasteiger partial charge in [-0.15, -0.1) is 0 Å². The van der Waals surface area contributed by atoms with E-state index in [1.807, 2.05) is 36.4 Å². The number of anilines is 1. The molecule has 0 spiro atoms. The average molecular weight is 380 g/mol. The van der Waals surface area contributed by atoms with Crippen LogP contribution >= 0.6 is 0 Å². The van der Waals surface area contributed by atoms with Gasteiger partial charge in [0.2, 0.25) is 0 Å². The van der Waals surface area contributed by atoms with Gasteiger partial charge in [0.25, 0.3) is 0 Å². The van der Waals surface area contributed by atoms with Gasteiger partial charge in [-0.3, -0.25) is 9.69 Å². The minimum absolute atomic E-state index is 0.412. The Morgan fingerprint density at radius 2 is 2.00 bits per heavy atom. The first-order chi connectivity index (χ1) is 13.8. The lowest BCUT2D eigenvalue weighted by atomic mass is 9.99. The number of morpholine rings is 1. The standard InChI is InChI=1S/C22H24N2O4/c23-21-4-2-1-3-19(21)20(14-25)22-18-6-5-17(13-16(18)15-28-22)27-12-9-24-7-10-26-11-8-24/h1-6,13-14H,7-12,15,23H2/b22-20-. The van der Waals surface area contributed by atoms with Crippen LogP contribution in [0.15, 0.2) is 42.5 Å². The van der Waals surface area contributed by atoms with E-state index in [0.29, 0.717) is 35.8 Å². The van der Waals surface area contributed by atoms with E-state index >= 15 is 0 Å². The third-order valence-electron chi connectivity index (χ3n) is 5.09. The molecule has 1 saturated heterocycles. The summed E-state index contributed by atoms with van der Waals surface area (Å²) >= 11 is 0. The van der Waals surface area contributed by atoms with E-state index in [2.05, 4.69) is 4.90 Å². The van der Waals surface area contributed by atoms with Crippen molar-refractivity contribution in [2.24, 2.45) is 0 Å². The minimum Gasteiger partial charge on any atom is -0.492 e. The molecule has 6 heteroatoms. The average Bonchev–Trinajstić information content (AvgIpc) is 3.14. The largest absolute Gasteiger partial charge is 0.492 e. The van der Waals surface area contributed by atoms with Gasteiger partial charge in [0.1, 0.15) is 24.7 Å². The van der Waals surface area contributed by atoms with Gasteiger partial charge in [-0.05, 0) is 24.3 Å². The Labute approximate surface area is 164 Å². The van der Waals surface area contributed by atoms with Crippen molar-refractivity contribution in [2.75, 3.05) is 45.2 Å². The van der Waals surface area contributed by atoms with Crippen molar-refractivity contribution in [3.05, 3.63) is 59.2 Å². The van der Waals surface area contributed by atoms with E-state index in [1.54, 1.807) is 6.07 Å². The molecule has 0 atom stereocenters. The summed E-state index contributed by atoms with van der Waals surface area (Å²) < 4.78 is 17.1. The van der Waals surface area contributed by atoms with Gasteiger partial charge >= 0.3 is 0 Å². The maximum atomic E-state index is 11.8. The molecule has 2 N–H and O–H groups in total. The molecule has 1 fully saturated rings. The zero-order chi connectivity index (χ0) is 19.3. The normalized spacial score (nSPS) is 18.3. The Balaban J connectivity index is 1.50. The second kappa shape index (κ2) is 8.46. The van der Waals surface area contributed by atoms with Crippen LogP contribution in [0.5, 0.6) is 5.75 Å². The quantitative estimate of drug-likeness (QED) is 0.472. The number of nitrogens with zero attached hydrogens (tertiary/aromatic N) is 1. The Morgan fingerprint density at radius 3 is 2.79 bits per heavy atom. The Bertz CT molecular complexity index is 888. The lowest BCUT2D eigenvalue weighted by molar-refractivity contribution is -0.103. The monoisotopic (exact) mass is 380 g/mol. The molecule has 2 aromatic rings. The minimum atomic E-state index is 0.412. The summed E-state index contributed by atoms with van der Waals surface area (Å²) in [5, 5.41) is 0. The van der Waals surface area contributed by atoms with Gasteiger partial charge in [-0.2, -0.15) is 0 Å². The fraction of sp³-hybridized carbons (Fsp3) is 0.318.